The SMILES string of the molecule is c1ccc(C2(c3nc4cccnc4s3)CC2)cc1. The molecule has 3 aromatic rings. The number of nitrogens with zero attached hydrogens (tertiary/aromatic N) is 2. The summed E-state index contributed by atoms with van der Waals surface area (Å²) in [6, 6.07) is 14.7. The van der Waals surface area contributed by atoms with Gasteiger partial charge >= 0.3 is 0 Å². The van der Waals surface area contributed by atoms with E-state index < -0.39 is 0 Å². The minimum Gasteiger partial charge on any atom is -0.244 e. The molecule has 18 heavy (non-hydrogen) atoms. The van der Waals surface area contributed by atoms with Crippen LogP contribution in [-0.2, 0) is 5.41 Å². The molecule has 0 spiro atoms. The average molecular weight is 252 g/mol. The fourth-order valence-corrected chi connectivity index (χ4v) is 3.66. The molecule has 0 atom stereocenters. The number of pyridine rings is 1. The molecule has 1 fully saturated rings. The van der Waals surface area contributed by atoms with Gasteiger partial charge in [0.2, 0.25) is 0 Å². The van der Waals surface area contributed by atoms with E-state index in [1.54, 1.807) is 11.3 Å². The van der Waals surface area contributed by atoms with E-state index in [9.17, 15) is 0 Å². The molecule has 88 valence electrons. The smallest absolute Gasteiger partial charge is 0.143 e. The lowest BCUT2D eigenvalue weighted by Gasteiger charge is -2.11. The van der Waals surface area contributed by atoms with Crippen LogP contribution in [0.2, 0.25) is 0 Å². The van der Waals surface area contributed by atoms with Crippen LogP contribution in [0.4, 0.5) is 0 Å². The summed E-state index contributed by atoms with van der Waals surface area (Å²) in [6.07, 6.45) is 4.25. The first-order chi connectivity index (χ1) is 8.88. The standard InChI is InChI=1S/C15H12N2S/c1-2-5-11(6-3-1)15(8-9-15)14-17-12-7-4-10-16-13(12)18-14/h1-7,10H,8-9H2. The van der Waals surface area contributed by atoms with Gasteiger partial charge in [0.1, 0.15) is 15.4 Å². The van der Waals surface area contributed by atoms with Crippen molar-refractivity contribution in [1.82, 2.24) is 9.97 Å². The highest BCUT2D eigenvalue weighted by atomic mass is 32.1. The van der Waals surface area contributed by atoms with Gasteiger partial charge in [0.15, 0.2) is 0 Å². The summed E-state index contributed by atoms with van der Waals surface area (Å²) in [5.74, 6) is 0. The third-order valence-electron chi connectivity index (χ3n) is 3.65. The zero-order chi connectivity index (χ0) is 12.0. The molecule has 1 aromatic carbocycles. The number of hydrogen-bond donors (Lipinski definition) is 0. The van der Waals surface area contributed by atoms with Gasteiger partial charge in [-0.3, -0.25) is 0 Å². The largest absolute Gasteiger partial charge is 0.244 e. The van der Waals surface area contributed by atoms with Gasteiger partial charge in [-0.1, -0.05) is 41.7 Å². The van der Waals surface area contributed by atoms with Crippen LogP contribution in [0, 0.1) is 0 Å². The second-order valence-electron chi connectivity index (χ2n) is 4.79. The molecule has 0 bridgehead atoms. The maximum absolute atomic E-state index is 4.78. The molecule has 0 saturated heterocycles. The van der Waals surface area contributed by atoms with Crippen molar-refractivity contribution in [2.75, 3.05) is 0 Å². The van der Waals surface area contributed by atoms with Gasteiger partial charge in [-0.15, -0.1) is 0 Å². The van der Waals surface area contributed by atoms with Crippen molar-refractivity contribution >= 4 is 21.7 Å². The Bertz CT molecular complexity index is 666. The Labute approximate surface area is 109 Å². The molecule has 2 nitrogen and oxygen atoms in total. The Hall–Kier alpha value is -1.74. The van der Waals surface area contributed by atoms with Crippen molar-refractivity contribution in [3.05, 3.63) is 59.2 Å². The maximum Gasteiger partial charge on any atom is 0.143 e. The van der Waals surface area contributed by atoms with Crippen molar-refractivity contribution in [3.8, 4) is 0 Å². The van der Waals surface area contributed by atoms with Crippen molar-refractivity contribution in [3.63, 3.8) is 0 Å². The van der Waals surface area contributed by atoms with Gasteiger partial charge in [-0.2, -0.15) is 0 Å². The fourth-order valence-electron chi connectivity index (χ4n) is 2.48. The lowest BCUT2D eigenvalue weighted by molar-refractivity contribution is 0.837. The number of aromatic nitrogens is 2. The van der Waals surface area contributed by atoms with Gasteiger partial charge in [0, 0.05) is 11.6 Å². The van der Waals surface area contributed by atoms with E-state index >= 15 is 0 Å². The van der Waals surface area contributed by atoms with Crippen molar-refractivity contribution in [1.29, 1.82) is 0 Å². The summed E-state index contributed by atoms with van der Waals surface area (Å²) in [7, 11) is 0. The van der Waals surface area contributed by atoms with Crippen LogP contribution < -0.4 is 0 Å². The summed E-state index contributed by atoms with van der Waals surface area (Å²) in [6.45, 7) is 0. The second-order valence-corrected chi connectivity index (χ2v) is 5.77. The van der Waals surface area contributed by atoms with Gasteiger partial charge in [-0.25, -0.2) is 9.97 Å². The summed E-state index contributed by atoms with van der Waals surface area (Å²) < 4.78 is 0. The minimum absolute atomic E-state index is 0.173. The number of hydrogen-bond acceptors (Lipinski definition) is 3. The molecule has 3 heteroatoms. The van der Waals surface area contributed by atoms with E-state index in [0.29, 0.717) is 0 Å². The summed E-state index contributed by atoms with van der Waals surface area (Å²) in [5, 5.41) is 1.22. The molecule has 0 radical (unpaired) electrons. The predicted molar refractivity (Wildman–Crippen MR) is 73.9 cm³/mol. The summed E-state index contributed by atoms with van der Waals surface area (Å²) in [5.41, 5.74) is 2.59. The Morgan fingerprint density at radius 3 is 2.56 bits per heavy atom. The zero-order valence-corrected chi connectivity index (χ0v) is 10.7. The normalized spacial score (nSPS) is 16.9. The summed E-state index contributed by atoms with van der Waals surface area (Å²) >= 11 is 1.74. The van der Waals surface area contributed by atoms with Gasteiger partial charge < -0.3 is 0 Å². The second kappa shape index (κ2) is 3.62. The summed E-state index contributed by atoms with van der Waals surface area (Å²) in [4.78, 5) is 10.2. The molecular formula is C15H12N2S. The zero-order valence-electron chi connectivity index (χ0n) is 9.84. The lowest BCUT2D eigenvalue weighted by atomic mass is 9.97. The molecular weight excluding hydrogens is 240 g/mol. The number of benzene rings is 1. The molecule has 0 unspecified atom stereocenters. The number of fused-ring (bicyclic) bond motifs is 1. The van der Waals surface area contributed by atoms with E-state index in [1.807, 2.05) is 18.3 Å². The van der Waals surface area contributed by atoms with Crippen LogP contribution in [-0.4, -0.2) is 9.97 Å². The van der Waals surface area contributed by atoms with E-state index in [4.69, 9.17) is 4.98 Å². The van der Waals surface area contributed by atoms with Crippen LogP contribution >= 0.6 is 11.3 Å². The molecule has 0 aliphatic heterocycles. The molecule has 2 aromatic heterocycles. The van der Waals surface area contributed by atoms with Crippen molar-refractivity contribution < 1.29 is 0 Å². The molecule has 4 rings (SSSR count). The third-order valence-corrected chi connectivity index (χ3v) is 4.84. The van der Waals surface area contributed by atoms with E-state index in [-0.39, 0.29) is 5.41 Å². The first-order valence-corrected chi connectivity index (χ1v) is 6.98. The Balaban J connectivity index is 1.87. The maximum atomic E-state index is 4.78. The van der Waals surface area contributed by atoms with Crippen molar-refractivity contribution in [2.24, 2.45) is 0 Å². The molecule has 2 heterocycles. The van der Waals surface area contributed by atoms with E-state index in [1.165, 1.54) is 23.4 Å². The van der Waals surface area contributed by atoms with Crippen LogP contribution in [0.1, 0.15) is 23.4 Å². The Morgan fingerprint density at radius 2 is 1.83 bits per heavy atom. The van der Waals surface area contributed by atoms with Crippen LogP contribution in [0.5, 0.6) is 0 Å². The average Bonchev–Trinajstić information content (AvgIpc) is 3.13. The fraction of sp³-hybridized carbons (Fsp3) is 0.200. The van der Waals surface area contributed by atoms with Crippen LogP contribution in [0.25, 0.3) is 10.3 Å². The van der Waals surface area contributed by atoms with Gasteiger partial charge in [0.25, 0.3) is 0 Å². The highest BCUT2D eigenvalue weighted by Gasteiger charge is 2.48. The minimum atomic E-state index is 0.173. The Kier molecular flexibility index (Phi) is 2.06. The van der Waals surface area contributed by atoms with Crippen LogP contribution in [0.15, 0.2) is 48.7 Å². The molecule has 1 aliphatic carbocycles. The lowest BCUT2D eigenvalue weighted by Crippen LogP contribution is -2.07. The first-order valence-electron chi connectivity index (χ1n) is 6.16. The highest BCUT2D eigenvalue weighted by molar-refractivity contribution is 7.18. The molecule has 0 amide bonds. The first kappa shape index (κ1) is 10.2. The van der Waals surface area contributed by atoms with Gasteiger partial charge in [0.05, 0.1) is 0 Å². The highest BCUT2D eigenvalue weighted by Crippen LogP contribution is 2.54. The predicted octanol–water partition coefficient (Wildman–Crippen LogP) is 3.77. The molecule has 0 N–H and O–H groups in total. The topological polar surface area (TPSA) is 25.8 Å². The third kappa shape index (κ3) is 1.40. The van der Waals surface area contributed by atoms with Crippen molar-refractivity contribution in [2.45, 2.75) is 18.3 Å². The van der Waals surface area contributed by atoms with E-state index in [2.05, 4.69) is 35.3 Å². The monoisotopic (exact) mass is 252 g/mol. The van der Waals surface area contributed by atoms with E-state index in [0.717, 1.165) is 10.3 Å². The number of thiazole rings is 1. The Morgan fingerprint density at radius 1 is 1.00 bits per heavy atom. The molecule has 1 aliphatic rings. The molecule has 1 saturated carbocycles. The quantitative estimate of drug-likeness (QED) is 0.693. The number of rotatable bonds is 2. The van der Waals surface area contributed by atoms with Gasteiger partial charge in [-0.05, 0) is 30.5 Å². The van der Waals surface area contributed by atoms with Crippen LogP contribution in [0.3, 0.4) is 0 Å².